The molecule has 41 heavy (non-hydrogen) atoms. The van der Waals surface area contributed by atoms with Crippen molar-refractivity contribution >= 4 is 64.2 Å². The Kier molecular flexibility index (Phi) is 8.00. The first-order chi connectivity index (χ1) is 19.2. The summed E-state index contributed by atoms with van der Waals surface area (Å²) in [4.78, 5) is -1.70. The minimum Gasteiger partial charge on any atom is -0.396 e. The van der Waals surface area contributed by atoms with E-state index in [4.69, 9.17) is 11.5 Å². The summed E-state index contributed by atoms with van der Waals surface area (Å²) in [5.74, 6) is 0. The van der Waals surface area contributed by atoms with E-state index in [1.807, 2.05) is 0 Å². The smallest absolute Gasteiger partial charge is 0.296 e. The molecule has 0 aromatic heterocycles. The van der Waals surface area contributed by atoms with Crippen LogP contribution in [0.1, 0.15) is 0 Å². The fourth-order valence-corrected chi connectivity index (χ4v) is 6.20. The molecule has 0 spiro atoms. The highest BCUT2D eigenvalue weighted by atomic mass is 32.2. The van der Waals surface area contributed by atoms with Gasteiger partial charge in [-0.2, -0.15) is 16.8 Å². The maximum absolute atomic E-state index is 13.2. The van der Waals surface area contributed by atoms with Gasteiger partial charge in [-0.05, 0) is 42.5 Å². The first kappa shape index (κ1) is 29.4. The summed E-state index contributed by atoms with van der Waals surface area (Å²) in [6, 6.07) is 18.9. The molecule has 0 unspecified atom stereocenters. The van der Waals surface area contributed by atoms with Crippen molar-refractivity contribution in [1.82, 2.24) is 0 Å². The topological polar surface area (TPSA) is 244 Å². The van der Waals surface area contributed by atoms with Gasteiger partial charge in [0.25, 0.3) is 20.2 Å². The number of hydrogen-bond donors (Lipinski definition) is 4. The standard InChI is InChI=1S/C24H20N6O8S3/c25-22-18(29-27-17-11-5-7-13-20(17)40(33,34)35)14-21(41(36,37)38)23(26)24(22)30-28-16-10-4-6-12-19(16)39(31,32)15-8-2-1-3-9-15/h1-14H,25-26H2,(H,33,34,35)(H,36,37,38). The van der Waals surface area contributed by atoms with Gasteiger partial charge in [0.05, 0.1) is 21.2 Å². The van der Waals surface area contributed by atoms with Crippen LogP contribution in [0.5, 0.6) is 0 Å². The van der Waals surface area contributed by atoms with E-state index in [2.05, 4.69) is 20.5 Å². The van der Waals surface area contributed by atoms with Crippen LogP contribution in [0.15, 0.2) is 125 Å². The van der Waals surface area contributed by atoms with Crippen molar-refractivity contribution < 1.29 is 34.4 Å². The molecule has 4 aromatic carbocycles. The Hall–Kier alpha value is -4.55. The molecule has 6 N–H and O–H groups in total. The highest BCUT2D eigenvalue weighted by Crippen LogP contribution is 2.43. The molecule has 0 aliphatic rings. The third-order valence-electron chi connectivity index (χ3n) is 5.47. The van der Waals surface area contributed by atoms with E-state index in [1.165, 1.54) is 54.6 Å². The minimum absolute atomic E-state index is 0.0112. The Labute approximate surface area is 234 Å². The zero-order chi connectivity index (χ0) is 30.0. The number of nitrogen functional groups attached to an aromatic ring is 2. The second kappa shape index (κ2) is 11.1. The van der Waals surface area contributed by atoms with Crippen LogP contribution in [-0.2, 0) is 30.1 Å². The van der Waals surface area contributed by atoms with Crippen LogP contribution >= 0.6 is 0 Å². The lowest BCUT2D eigenvalue weighted by molar-refractivity contribution is 0.481. The van der Waals surface area contributed by atoms with E-state index in [0.29, 0.717) is 0 Å². The SMILES string of the molecule is Nc1c(N=Nc2ccccc2S(=O)(=O)O)cc(S(=O)(=O)O)c(N)c1N=Nc1ccccc1S(=O)(=O)c1ccccc1. The van der Waals surface area contributed by atoms with Crippen LogP contribution in [-0.4, -0.2) is 34.4 Å². The molecule has 4 rings (SSSR count). The first-order valence-corrected chi connectivity index (χ1v) is 15.6. The second-order valence-electron chi connectivity index (χ2n) is 8.17. The van der Waals surface area contributed by atoms with Gasteiger partial charge in [-0.25, -0.2) is 8.42 Å². The summed E-state index contributed by atoms with van der Waals surface area (Å²) >= 11 is 0. The molecular formula is C24H20N6O8S3. The highest BCUT2D eigenvalue weighted by molar-refractivity contribution is 7.91. The van der Waals surface area contributed by atoms with Gasteiger partial charge in [-0.1, -0.05) is 42.5 Å². The summed E-state index contributed by atoms with van der Waals surface area (Å²) in [7, 11) is -13.7. The second-order valence-corrected chi connectivity index (χ2v) is 12.9. The Morgan fingerprint density at radius 1 is 0.512 bits per heavy atom. The van der Waals surface area contributed by atoms with Gasteiger partial charge in [0.15, 0.2) is 0 Å². The third kappa shape index (κ3) is 6.28. The number of sulfone groups is 1. The summed E-state index contributed by atoms with van der Waals surface area (Å²) < 4.78 is 93.0. The summed E-state index contributed by atoms with van der Waals surface area (Å²) in [6.07, 6.45) is 0. The zero-order valence-electron chi connectivity index (χ0n) is 20.6. The zero-order valence-corrected chi connectivity index (χ0v) is 23.0. The lowest BCUT2D eigenvalue weighted by atomic mass is 10.2. The van der Waals surface area contributed by atoms with Crippen LogP contribution in [0.25, 0.3) is 0 Å². The predicted molar refractivity (Wildman–Crippen MR) is 148 cm³/mol. The van der Waals surface area contributed by atoms with Crippen molar-refractivity contribution in [2.45, 2.75) is 19.6 Å². The normalized spacial score (nSPS) is 12.7. The van der Waals surface area contributed by atoms with E-state index >= 15 is 0 Å². The average molecular weight is 617 g/mol. The summed E-state index contributed by atoms with van der Waals surface area (Å²) in [5.41, 5.74) is 9.65. The van der Waals surface area contributed by atoms with Crippen molar-refractivity contribution in [2.75, 3.05) is 11.5 Å². The molecule has 0 aliphatic heterocycles. The summed E-state index contributed by atoms with van der Waals surface area (Å²) in [5, 5.41) is 15.3. The Morgan fingerprint density at radius 3 is 1.56 bits per heavy atom. The molecule has 0 fully saturated rings. The third-order valence-corrected chi connectivity index (χ3v) is 9.08. The van der Waals surface area contributed by atoms with Crippen LogP contribution in [0.4, 0.5) is 34.1 Å². The van der Waals surface area contributed by atoms with Crippen molar-refractivity contribution in [1.29, 1.82) is 0 Å². The van der Waals surface area contributed by atoms with Gasteiger partial charge < -0.3 is 11.5 Å². The molecule has 212 valence electrons. The highest BCUT2D eigenvalue weighted by Gasteiger charge is 2.24. The average Bonchev–Trinajstić information content (AvgIpc) is 2.92. The largest absolute Gasteiger partial charge is 0.396 e. The molecule has 14 nitrogen and oxygen atoms in total. The molecule has 0 atom stereocenters. The molecule has 0 bridgehead atoms. The molecule has 0 aliphatic carbocycles. The molecule has 4 aromatic rings. The van der Waals surface area contributed by atoms with E-state index in [-0.39, 0.29) is 21.2 Å². The van der Waals surface area contributed by atoms with E-state index in [1.54, 1.807) is 18.2 Å². The van der Waals surface area contributed by atoms with Crippen LogP contribution in [0.2, 0.25) is 0 Å². The molecule has 0 saturated heterocycles. The minimum atomic E-state index is -4.98. The Bertz CT molecular complexity index is 2030. The van der Waals surface area contributed by atoms with Gasteiger partial charge in [0, 0.05) is 0 Å². The van der Waals surface area contributed by atoms with Crippen LogP contribution < -0.4 is 11.5 Å². The quantitative estimate of drug-likeness (QED) is 0.117. The van der Waals surface area contributed by atoms with Gasteiger partial charge in [0.1, 0.15) is 32.5 Å². The number of nitrogens with zero attached hydrogens (tertiary/aromatic N) is 4. The maximum Gasteiger partial charge on any atom is 0.296 e. The molecular weight excluding hydrogens is 596 g/mol. The van der Waals surface area contributed by atoms with Crippen LogP contribution in [0.3, 0.4) is 0 Å². The van der Waals surface area contributed by atoms with E-state index in [9.17, 15) is 34.4 Å². The monoisotopic (exact) mass is 616 g/mol. The van der Waals surface area contributed by atoms with Crippen molar-refractivity contribution in [3.8, 4) is 0 Å². The van der Waals surface area contributed by atoms with E-state index in [0.717, 1.165) is 12.1 Å². The van der Waals surface area contributed by atoms with Crippen LogP contribution in [0, 0.1) is 0 Å². The fourth-order valence-electron chi connectivity index (χ4n) is 3.53. The fraction of sp³-hybridized carbons (Fsp3) is 0. The number of hydrogen-bond acceptors (Lipinski definition) is 12. The van der Waals surface area contributed by atoms with Gasteiger partial charge in [-0.15, -0.1) is 20.5 Å². The molecule has 0 radical (unpaired) electrons. The van der Waals surface area contributed by atoms with Crippen molar-refractivity contribution in [2.24, 2.45) is 20.5 Å². The first-order valence-electron chi connectivity index (χ1n) is 11.2. The number of rotatable bonds is 8. The van der Waals surface area contributed by atoms with Gasteiger partial charge >= 0.3 is 0 Å². The molecule has 17 heteroatoms. The van der Waals surface area contributed by atoms with E-state index < -0.39 is 62.6 Å². The molecule has 0 saturated carbocycles. The summed E-state index contributed by atoms with van der Waals surface area (Å²) in [6.45, 7) is 0. The lowest BCUT2D eigenvalue weighted by Gasteiger charge is -2.11. The molecule has 0 amide bonds. The molecule has 0 heterocycles. The number of anilines is 2. The van der Waals surface area contributed by atoms with Crippen molar-refractivity contribution in [3.63, 3.8) is 0 Å². The van der Waals surface area contributed by atoms with Gasteiger partial charge in [0.2, 0.25) is 9.84 Å². The number of azo groups is 2. The predicted octanol–water partition coefficient (Wildman–Crippen LogP) is 5.01. The Morgan fingerprint density at radius 2 is 0.976 bits per heavy atom. The maximum atomic E-state index is 13.2. The Balaban J connectivity index is 1.87. The number of benzene rings is 4. The van der Waals surface area contributed by atoms with Crippen molar-refractivity contribution in [3.05, 3.63) is 84.9 Å². The van der Waals surface area contributed by atoms with Gasteiger partial charge in [-0.3, -0.25) is 9.11 Å². The number of nitrogens with two attached hydrogens (primary N) is 2. The lowest BCUT2D eigenvalue weighted by Crippen LogP contribution is -2.05.